The summed E-state index contributed by atoms with van der Waals surface area (Å²) in [4.78, 5) is 35.3. The summed E-state index contributed by atoms with van der Waals surface area (Å²) in [5.41, 5.74) is 0. The Morgan fingerprint density at radius 2 is 1.61 bits per heavy atom. The van der Waals surface area contributed by atoms with E-state index < -0.39 is 0 Å². The molecule has 1 rings (SSSR count). The molecular formula is C21H40N2O5. The molecule has 1 saturated carbocycles. The van der Waals surface area contributed by atoms with Crippen LogP contribution >= 0.6 is 0 Å². The Morgan fingerprint density at radius 3 is 2.18 bits per heavy atom. The van der Waals surface area contributed by atoms with Gasteiger partial charge in [-0.25, -0.2) is 0 Å². The number of nitrogens with one attached hydrogen (secondary N) is 2. The zero-order chi connectivity index (χ0) is 21.4. The number of ketones is 1. The Labute approximate surface area is 170 Å². The smallest absolute Gasteiger partial charge is 0.239 e. The predicted molar refractivity (Wildman–Crippen MR) is 110 cm³/mol. The fourth-order valence-corrected chi connectivity index (χ4v) is 3.00. The number of carbonyl (C=O) groups is 3. The Balaban J connectivity index is 0.00000352. The summed E-state index contributed by atoms with van der Waals surface area (Å²) in [6.07, 6.45) is 4.29. The highest BCUT2D eigenvalue weighted by Crippen LogP contribution is 2.25. The number of Topliss-reactive ketones (excluding diaryl/α,β-unsaturated/α-hetero) is 1. The van der Waals surface area contributed by atoms with Gasteiger partial charge in [0.05, 0.1) is 32.5 Å². The molecule has 0 heterocycles. The van der Waals surface area contributed by atoms with Crippen molar-refractivity contribution < 1.29 is 23.9 Å². The molecule has 0 aromatic rings. The van der Waals surface area contributed by atoms with Crippen molar-refractivity contribution in [1.82, 2.24) is 10.6 Å². The molecule has 0 aromatic heterocycles. The Morgan fingerprint density at radius 1 is 0.964 bits per heavy atom. The minimum Gasteiger partial charge on any atom is -0.379 e. The molecule has 0 radical (unpaired) electrons. The van der Waals surface area contributed by atoms with Gasteiger partial charge in [0.1, 0.15) is 5.78 Å². The topological polar surface area (TPSA) is 93.7 Å². The second-order valence-corrected chi connectivity index (χ2v) is 6.99. The average Bonchev–Trinajstić information content (AvgIpc) is 2.70. The van der Waals surface area contributed by atoms with E-state index in [1.807, 2.05) is 34.6 Å². The minimum absolute atomic E-state index is 0.0247. The van der Waals surface area contributed by atoms with Crippen LogP contribution in [0.1, 0.15) is 73.1 Å². The first-order valence-electron chi connectivity index (χ1n) is 10.7. The molecule has 0 aromatic carbocycles. The van der Waals surface area contributed by atoms with Gasteiger partial charge in [-0.2, -0.15) is 0 Å². The third-order valence-corrected chi connectivity index (χ3v) is 4.49. The third kappa shape index (κ3) is 12.8. The van der Waals surface area contributed by atoms with Crippen molar-refractivity contribution in [2.45, 2.75) is 85.3 Å². The lowest BCUT2D eigenvalue weighted by Crippen LogP contribution is -2.43. The summed E-state index contributed by atoms with van der Waals surface area (Å²) in [6, 6.07) is 0.101. The summed E-state index contributed by atoms with van der Waals surface area (Å²) in [5, 5.41) is 5.53. The molecule has 28 heavy (non-hydrogen) atoms. The number of hydrogen-bond acceptors (Lipinski definition) is 5. The molecule has 0 unspecified atom stereocenters. The van der Waals surface area contributed by atoms with Gasteiger partial charge in [0.25, 0.3) is 0 Å². The van der Waals surface area contributed by atoms with Gasteiger partial charge < -0.3 is 20.1 Å². The molecular weight excluding hydrogens is 360 g/mol. The summed E-state index contributed by atoms with van der Waals surface area (Å²) in [5.74, 6) is 0.0795. The van der Waals surface area contributed by atoms with Crippen molar-refractivity contribution in [3.05, 3.63) is 0 Å². The van der Waals surface area contributed by atoms with Crippen molar-refractivity contribution in [2.24, 2.45) is 5.92 Å². The van der Waals surface area contributed by atoms with Crippen molar-refractivity contribution in [1.29, 1.82) is 0 Å². The van der Waals surface area contributed by atoms with E-state index in [4.69, 9.17) is 9.47 Å². The van der Waals surface area contributed by atoms with Crippen molar-refractivity contribution in [2.75, 3.05) is 26.4 Å². The van der Waals surface area contributed by atoms with Crippen LogP contribution in [-0.4, -0.2) is 56.1 Å². The van der Waals surface area contributed by atoms with Crippen LogP contribution in [0.3, 0.4) is 0 Å². The molecule has 0 aliphatic heterocycles. The molecule has 7 nitrogen and oxygen atoms in total. The molecule has 0 spiro atoms. The van der Waals surface area contributed by atoms with Gasteiger partial charge in [-0.15, -0.1) is 0 Å². The monoisotopic (exact) mass is 400 g/mol. The van der Waals surface area contributed by atoms with E-state index in [1.54, 1.807) is 0 Å². The van der Waals surface area contributed by atoms with Gasteiger partial charge in [-0.3, -0.25) is 14.4 Å². The highest BCUT2D eigenvalue weighted by molar-refractivity contribution is 5.85. The van der Waals surface area contributed by atoms with E-state index in [2.05, 4.69) is 10.6 Å². The fourth-order valence-electron chi connectivity index (χ4n) is 3.00. The van der Waals surface area contributed by atoms with Crippen LogP contribution in [0.5, 0.6) is 0 Å². The predicted octanol–water partition coefficient (Wildman–Crippen LogP) is 2.61. The maximum Gasteiger partial charge on any atom is 0.239 e. The molecule has 0 bridgehead atoms. The first-order valence-corrected chi connectivity index (χ1v) is 10.7. The highest BCUT2D eigenvalue weighted by Gasteiger charge is 2.25. The van der Waals surface area contributed by atoms with E-state index in [0.717, 1.165) is 25.7 Å². The quantitative estimate of drug-likeness (QED) is 0.491. The summed E-state index contributed by atoms with van der Waals surface area (Å²) in [6.45, 7) is 11.0. The molecule has 0 saturated heterocycles. The zero-order valence-corrected chi connectivity index (χ0v) is 18.3. The van der Waals surface area contributed by atoms with Crippen molar-refractivity contribution in [3.8, 4) is 0 Å². The summed E-state index contributed by atoms with van der Waals surface area (Å²) in [7, 11) is 0. The highest BCUT2D eigenvalue weighted by atomic mass is 16.5. The molecule has 1 fully saturated rings. The number of ether oxygens (including phenoxy) is 2. The van der Waals surface area contributed by atoms with E-state index in [9.17, 15) is 14.4 Å². The lowest BCUT2D eigenvalue weighted by molar-refractivity contribution is -0.127. The van der Waals surface area contributed by atoms with E-state index >= 15 is 0 Å². The molecule has 7 heteroatoms. The normalized spacial score (nSPS) is 18.8. The molecule has 2 amide bonds. The van der Waals surface area contributed by atoms with Crippen LogP contribution in [0.15, 0.2) is 0 Å². The molecule has 1 aliphatic rings. The second kappa shape index (κ2) is 16.5. The zero-order valence-electron chi connectivity index (χ0n) is 18.3. The van der Waals surface area contributed by atoms with E-state index in [0.29, 0.717) is 32.0 Å². The largest absolute Gasteiger partial charge is 0.379 e. The van der Waals surface area contributed by atoms with Crippen LogP contribution in [0.4, 0.5) is 0 Å². The Bertz CT molecular complexity index is 446. The van der Waals surface area contributed by atoms with E-state index in [-0.39, 0.29) is 42.8 Å². The number of carbonyl (C=O) groups excluding carboxylic acids is 3. The SMILES string of the molecule is CC.CCC(=O)C1CCC(NC(=O)CNC(=O)CCOCCOC(C)C)CC1. The van der Waals surface area contributed by atoms with Crippen LogP contribution < -0.4 is 10.6 Å². The molecule has 2 N–H and O–H groups in total. The third-order valence-electron chi connectivity index (χ3n) is 4.49. The van der Waals surface area contributed by atoms with Crippen LogP contribution in [-0.2, 0) is 23.9 Å². The number of rotatable bonds is 12. The van der Waals surface area contributed by atoms with Gasteiger partial charge in [0, 0.05) is 24.8 Å². The average molecular weight is 401 g/mol. The maximum absolute atomic E-state index is 11.9. The van der Waals surface area contributed by atoms with Crippen LogP contribution in [0, 0.1) is 5.92 Å². The van der Waals surface area contributed by atoms with Crippen LogP contribution in [0.25, 0.3) is 0 Å². The first-order chi connectivity index (χ1) is 13.4. The number of amides is 2. The van der Waals surface area contributed by atoms with Gasteiger partial charge >= 0.3 is 0 Å². The summed E-state index contributed by atoms with van der Waals surface area (Å²) >= 11 is 0. The fraction of sp³-hybridized carbons (Fsp3) is 0.857. The molecule has 164 valence electrons. The lowest BCUT2D eigenvalue weighted by atomic mass is 9.83. The van der Waals surface area contributed by atoms with Gasteiger partial charge in [0.2, 0.25) is 11.8 Å². The van der Waals surface area contributed by atoms with Crippen LogP contribution in [0.2, 0.25) is 0 Å². The number of hydrogen-bond donors (Lipinski definition) is 2. The Hall–Kier alpha value is -1.47. The molecule has 0 atom stereocenters. The minimum atomic E-state index is -0.206. The van der Waals surface area contributed by atoms with Gasteiger partial charge in [0.15, 0.2) is 0 Å². The van der Waals surface area contributed by atoms with E-state index in [1.165, 1.54) is 0 Å². The molecule has 1 aliphatic carbocycles. The van der Waals surface area contributed by atoms with Gasteiger partial charge in [-0.05, 0) is 39.5 Å². The second-order valence-electron chi connectivity index (χ2n) is 6.99. The van der Waals surface area contributed by atoms with Gasteiger partial charge in [-0.1, -0.05) is 20.8 Å². The summed E-state index contributed by atoms with van der Waals surface area (Å²) < 4.78 is 10.6. The standard InChI is InChI=1S/C19H34N2O5.C2H6/c1-4-17(22)15-5-7-16(8-6-15)21-19(24)13-20-18(23)9-10-25-11-12-26-14(2)3;1-2/h14-16H,4-13H2,1-3H3,(H,20,23)(H,21,24);1-2H3. The Kier molecular flexibility index (Phi) is 15.6. The van der Waals surface area contributed by atoms with Crippen molar-refractivity contribution in [3.63, 3.8) is 0 Å². The first kappa shape index (κ1) is 26.5. The lowest BCUT2D eigenvalue weighted by Gasteiger charge is -2.28. The van der Waals surface area contributed by atoms with Crippen molar-refractivity contribution >= 4 is 17.6 Å². The maximum atomic E-state index is 11.9.